The summed E-state index contributed by atoms with van der Waals surface area (Å²) in [4.78, 5) is 9.84. The molecule has 1 rings (SSSR count). The molecule has 0 amide bonds. The third-order valence-corrected chi connectivity index (χ3v) is 1.56. The number of nitro benzene ring substituents is 1. The number of benzene rings is 1. The predicted molar refractivity (Wildman–Crippen MR) is 50.1 cm³/mol. The number of nitro groups is 1. The van der Waals surface area contributed by atoms with E-state index in [1.807, 2.05) is 0 Å². The first-order chi connectivity index (χ1) is 6.52. The van der Waals surface area contributed by atoms with Crippen LogP contribution in [0.4, 0.5) is 11.4 Å². The van der Waals surface area contributed by atoms with Crippen LogP contribution in [0.2, 0.25) is 0 Å². The van der Waals surface area contributed by atoms with Crippen molar-refractivity contribution in [3.63, 3.8) is 0 Å². The van der Waals surface area contributed by atoms with E-state index in [1.54, 1.807) is 0 Å². The van der Waals surface area contributed by atoms with Gasteiger partial charge in [0.2, 0.25) is 0 Å². The third kappa shape index (κ3) is 2.11. The van der Waals surface area contributed by atoms with Crippen LogP contribution in [-0.2, 0) is 0 Å². The molecule has 0 spiro atoms. The van der Waals surface area contributed by atoms with Gasteiger partial charge in [0.25, 0.3) is 0 Å². The van der Waals surface area contributed by atoms with E-state index in [1.165, 1.54) is 25.1 Å². The summed E-state index contributed by atoms with van der Waals surface area (Å²) in [5.74, 6) is -0.430. The lowest BCUT2D eigenvalue weighted by Gasteiger charge is -2.09. The van der Waals surface area contributed by atoms with Crippen LogP contribution in [0.15, 0.2) is 18.2 Å². The van der Waals surface area contributed by atoms with Crippen molar-refractivity contribution in [3.05, 3.63) is 28.3 Å². The number of nitrogens with one attached hydrogen (secondary N) is 1. The monoisotopic (exact) mass is 198 g/mol. The fourth-order valence-corrected chi connectivity index (χ4v) is 1.06. The summed E-state index contributed by atoms with van der Waals surface area (Å²) in [5.41, 5.74) is -0.349. The van der Waals surface area contributed by atoms with E-state index < -0.39 is 22.6 Å². The van der Waals surface area contributed by atoms with Crippen molar-refractivity contribution in [3.8, 4) is 5.75 Å². The zero-order valence-electron chi connectivity index (χ0n) is 7.47. The number of hydrogen-bond donors (Lipinski definition) is 3. The molecule has 3 N–H and O–H groups in total. The summed E-state index contributed by atoms with van der Waals surface area (Å²) >= 11 is 0. The summed E-state index contributed by atoms with van der Waals surface area (Å²) in [6, 6.07) is 4.07. The number of phenols is 1. The van der Waals surface area contributed by atoms with Gasteiger partial charge >= 0.3 is 5.69 Å². The average Bonchev–Trinajstić information content (AvgIpc) is 2.01. The second-order valence-corrected chi connectivity index (χ2v) is 2.75. The van der Waals surface area contributed by atoms with Gasteiger partial charge in [-0.1, -0.05) is 6.07 Å². The first-order valence-corrected chi connectivity index (χ1v) is 3.93. The van der Waals surface area contributed by atoms with Crippen molar-refractivity contribution in [2.75, 3.05) is 5.32 Å². The Morgan fingerprint density at radius 2 is 2.21 bits per heavy atom. The quantitative estimate of drug-likeness (QED) is 0.383. The molecule has 6 nitrogen and oxygen atoms in total. The van der Waals surface area contributed by atoms with Crippen LogP contribution in [0.1, 0.15) is 6.92 Å². The number of rotatable bonds is 3. The van der Waals surface area contributed by atoms with Gasteiger partial charge in [-0.3, -0.25) is 10.1 Å². The largest absolute Gasteiger partial charge is 0.502 e. The van der Waals surface area contributed by atoms with E-state index in [4.69, 9.17) is 5.11 Å². The zero-order chi connectivity index (χ0) is 10.7. The Labute approximate surface area is 80.0 Å². The Morgan fingerprint density at radius 1 is 1.57 bits per heavy atom. The number of aromatic hydroxyl groups is 1. The maximum atomic E-state index is 10.5. The lowest BCUT2D eigenvalue weighted by molar-refractivity contribution is -0.385. The van der Waals surface area contributed by atoms with E-state index in [0.717, 1.165) is 0 Å². The molecule has 0 aliphatic rings. The molecule has 1 aromatic carbocycles. The summed E-state index contributed by atoms with van der Waals surface area (Å²) in [6.07, 6.45) is -0.921. The summed E-state index contributed by atoms with van der Waals surface area (Å²) in [6.45, 7) is 1.42. The number of nitrogens with zero attached hydrogens (tertiary/aromatic N) is 1. The van der Waals surface area contributed by atoms with Crippen LogP contribution < -0.4 is 5.32 Å². The van der Waals surface area contributed by atoms with Crippen molar-refractivity contribution < 1.29 is 15.1 Å². The van der Waals surface area contributed by atoms with Crippen LogP contribution >= 0.6 is 0 Å². The molecule has 0 saturated carbocycles. The van der Waals surface area contributed by atoms with E-state index >= 15 is 0 Å². The van der Waals surface area contributed by atoms with Crippen LogP contribution in [0.3, 0.4) is 0 Å². The Bertz CT molecular complexity index is 351. The normalized spacial score (nSPS) is 12.1. The molecule has 76 valence electrons. The van der Waals surface area contributed by atoms with Crippen molar-refractivity contribution >= 4 is 11.4 Å². The van der Waals surface area contributed by atoms with Crippen LogP contribution in [0.25, 0.3) is 0 Å². The van der Waals surface area contributed by atoms with Crippen molar-refractivity contribution in [1.82, 2.24) is 0 Å². The predicted octanol–water partition coefficient (Wildman–Crippen LogP) is 1.05. The number of phenolic OH excluding ortho intramolecular Hbond substituents is 1. The molecular weight excluding hydrogens is 188 g/mol. The Balaban J connectivity index is 3.14. The van der Waals surface area contributed by atoms with Crippen LogP contribution in [-0.4, -0.2) is 21.4 Å². The molecule has 14 heavy (non-hydrogen) atoms. The van der Waals surface area contributed by atoms with Crippen LogP contribution in [0, 0.1) is 10.1 Å². The lowest BCUT2D eigenvalue weighted by atomic mass is 10.2. The Hall–Kier alpha value is -1.82. The molecule has 0 aliphatic carbocycles. The summed E-state index contributed by atoms with van der Waals surface area (Å²) < 4.78 is 0. The number of aliphatic hydroxyl groups is 1. The van der Waals surface area contributed by atoms with E-state index in [9.17, 15) is 15.2 Å². The molecule has 0 fully saturated rings. The summed E-state index contributed by atoms with van der Waals surface area (Å²) in [7, 11) is 0. The minimum atomic E-state index is -0.921. The second-order valence-electron chi connectivity index (χ2n) is 2.75. The van der Waals surface area contributed by atoms with Gasteiger partial charge in [-0.05, 0) is 19.1 Å². The molecule has 0 saturated heterocycles. The highest BCUT2D eigenvalue weighted by Gasteiger charge is 2.19. The molecular formula is C8H10N2O4. The maximum absolute atomic E-state index is 10.5. The molecule has 6 heteroatoms. The fourth-order valence-electron chi connectivity index (χ4n) is 1.06. The topological polar surface area (TPSA) is 95.6 Å². The zero-order valence-corrected chi connectivity index (χ0v) is 7.47. The van der Waals surface area contributed by atoms with Gasteiger partial charge < -0.3 is 15.5 Å². The highest BCUT2D eigenvalue weighted by molar-refractivity contribution is 5.67. The minimum Gasteiger partial charge on any atom is -0.502 e. The van der Waals surface area contributed by atoms with Gasteiger partial charge in [0.1, 0.15) is 11.9 Å². The first kappa shape index (κ1) is 10.3. The van der Waals surface area contributed by atoms with Crippen molar-refractivity contribution in [1.29, 1.82) is 0 Å². The molecule has 0 bridgehead atoms. The molecule has 0 heterocycles. The van der Waals surface area contributed by atoms with Gasteiger partial charge in [0.15, 0.2) is 5.75 Å². The lowest BCUT2D eigenvalue weighted by Crippen LogP contribution is -2.14. The van der Waals surface area contributed by atoms with E-state index in [2.05, 4.69) is 5.32 Å². The second kappa shape index (κ2) is 3.93. The van der Waals surface area contributed by atoms with Gasteiger partial charge in [0.05, 0.1) is 4.92 Å². The average molecular weight is 198 g/mol. The highest BCUT2D eigenvalue weighted by atomic mass is 16.6. The highest BCUT2D eigenvalue weighted by Crippen LogP contribution is 2.33. The summed E-state index contributed by atoms with van der Waals surface area (Å²) in [5, 5.41) is 31.2. The number of hydrogen-bond acceptors (Lipinski definition) is 5. The molecule has 1 aromatic rings. The molecule has 0 radical (unpaired) electrons. The Morgan fingerprint density at radius 3 is 2.71 bits per heavy atom. The standard InChI is InChI=1S/C8H10N2O4/c1-5(11)9-6-3-2-4-7(12)8(6)10(13)14/h2-5,9,11-12H,1H3. The third-order valence-electron chi connectivity index (χ3n) is 1.56. The van der Waals surface area contributed by atoms with E-state index in [-0.39, 0.29) is 5.69 Å². The van der Waals surface area contributed by atoms with Gasteiger partial charge in [-0.25, -0.2) is 0 Å². The first-order valence-electron chi connectivity index (χ1n) is 3.93. The Kier molecular flexibility index (Phi) is 2.88. The number of aliphatic hydroxyl groups excluding tert-OH is 1. The van der Waals surface area contributed by atoms with Gasteiger partial charge in [-0.15, -0.1) is 0 Å². The molecule has 1 atom stereocenters. The minimum absolute atomic E-state index is 0.0880. The van der Waals surface area contributed by atoms with E-state index in [0.29, 0.717) is 0 Å². The smallest absolute Gasteiger partial charge is 0.333 e. The number of para-hydroxylation sites is 1. The molecule has 0 aliphatic heterocycles. The van der Waals surface area contributed by atoms with Gasteiger partial charge in [-0.2, -0.15) is 0 Å². The molecule has 1 unspecified atom stereocenters. The fraction of sp³-hybridized carbons (Fsp3) is 0.250. The maximum Gasteiger partial charge on any atom is 0.333 e. The molecule has 0 aromatic heterocycles. The van der Waals surface area contributed by atoms with Crippen LogP contribution in [0.5, 0.6) is 5.75 Å². The SMILES string of the molecule is CC(O)Nc1cccc(O)c1[N+](=O)[O-]. The van der Waals surface area contributed by atoms with Crippen molar-refractivity contribution in [2.24, 2.45) is 0 Å². The van der Waals surface area contributed by atoms with Gasteiger partial charge in [0, 0.05) is 0 Å². The number of anilines is 1. The van der Waals surface area contributed by atoms with Crippen molar-refractivity contribution in [2.45, 2.75) is 13.2 Å².